The third-order valence-electron chi connectivity index (χ3n) is 3.95. The predicted molar refractivity (Wildman–Crippen MR) is 73.9 cm³/mol. The van der Waals surface area contributed by atoms with Crippen LogP contribution in [-0.2, 0) is 14.3 Å². The van der Waals surface area contributed by atoms with Gasteiger partial charge in [0.15, 0.2) is 0 Å². The van der Waals surface area contributed by atoms with E-state index in [-0.39, 0.29) is 18.1 Å². The van der Waals surface area contributed by atoms with Gasteiger partial charge in [0.1, 0.15) is 0 Å². The van der Waals surface area contributed by atoms with E-state index in [9.17, 15) is 4.79 Å². The monoisotopic (exact) mass is 267 g/mol. The molecule has 0 spiro atoms. The number of rotatable bonds is 6. The first-order chi connectivity index (χ1) is 9.29. The first kappa shape index (κ1) is 14.5. The maximum Gasteiger partial charge on any atom is 0.224 e. The van der Waals surface area contributed by atoms with Crippen LogP contribution in [0.2, 0.25) is 0 Å². The molecule has 19 heavy (non-hydrogen) atoms. The lowest BCUT2D eigenvalue weighted by Crippen LogP contribution is -2.51. The van der Waals surface area contributed by atoms with Crippen LogP contribution in [0.25, 0.3) is 0 Å². The molecule has 108 valence electrons. The van der Waals surface area contributed by atoms with Crippen molar-refractivity contribution in [3.05, 3.63) is 12.2 Å². The van der Waals surface area contributed by atoms with Crippen molar-refractivity contribution in [1.29, 1.82) is 0 Å². The quantitative estimate of drug-likeness (QED) is 0.749. The van der Waals surface area contributed by atoms with Gasteiger partial charge in [-0.15, -0.1) is 0 Å². The van der Waals surface area contributed by atoms with Gasteiger partial charge in [0.2, 0.25) is 5.91 Å². The summed E-state index contributed by atoms with van der Waals surface area (Å²) in [6, 6.07) is 0.00610. The molecule has 4 nitrogen and oxygen atoms in total. The second kappa shape index (κ2) is 7.65. The molecule has 1 heterocycles. The first-order valence-corrected chi connectivity index (χ1v) is 7.39. The number of amides is 1. The molecule has 1 saturated carbocycles. The highest BCUT2D eigenvalue weighted by atomic mass is 16.5. The molecule has 0 bridgehead atoms. The zero-order valence-electron chi connectivity index (χ0n) is 11.8. The Morgan fingerprint density at radius 3 is 2.95 bits per heavy atom. The third-order valence-corrected chi connectivity index (χ3v) is 3.95. The van der Waals surface area contributed by atoms with Crippen molar-refractivity contribution in [3.63, 3.8) is 0 Å². The Kier molecular flexibility index (Phi) is 5.86. The Hall–Kier alpha value is -0.870. The number of hydrogen-bond donors (Lipinski definition) is 1. The van der Waals surface area contributed by atoms with Gasteiger partial charge < -0.3 is 14.8 Å². The summed E-state index contributed by atoms with van der Waals surface area (Å²) in [5, 5.41) is 3.02. The normalized spacial score (nSPS) is 28.3. The van der Waals surface area contributed by atoms with Gasteiger partial charge in [0.25, 0.3) is 0 Å². The summed E-state index contributed by atoms with van der Waals surface area (Å²) in [6.45, 7) is 4.06. The lowest BCUT2D eigenvalue weighted by molar-refractivity contribution is -0.126. The van der Waals surface area contributed by atoms with Crippen molar-refractivity contribution >= 4 is 5.91 Å². The van der Waals surface area contributed by atoms with Crippen LogP contribution in [0.3, 0.4) is 0 Å². The summed E-state index contributed by atoms with van der Waals surface area (Å²) >= 11 is 0. The van der Waals surface area contributed by atoms with Crippen LogP contribution in [0.5, 0.6) is 0 Å². The number of carbonyl (C=O) groups excluding carboxylic acids is 1. The van der Waals surface area contributed by atoms with Gasteiger partial charge >= 0.3 is 0 Å². The number of allylic oxidation sites excluding steroid dienone is 1. The van der Waals surface area contributed by atoms with Gasteiger partial charge in [-0.1, -0.05) is 18.6 Å². The summed E-state index contributed by atoms with van der Waals surface area (Å²) in [4.78, 5) is 11.7. The Labute approximate surface area is 115 Å². The van der Waals surface area contributed by atoms with Gasteiger partial charge in [0, 0.05) is 19.6 Å². The molecule has 1 saturated heterocycles. The zero-order valence-corrected chi connectivity index (χ0v) is 11.8. The van der Waals surface area contributed by atoms with Crippen LogP contribution in [0, 0.1) is 5.92 Å². The second-order valence-electron chi connectivity index (χ2n) is 5.48. The summed E-state index contributed by atoms with van der Waals surface area (Å²) in [7, 11) is 0. The van der Waals surface area contributed by atoms with Gasteiger partial charge in [-0.05, 0) is 32.1 Å². The highest BCUT2D eigenvalue weighted by molar-refractivity contribution is 5.77. The number of carbonyl (C=O) groups is 1. The number of ether oxygens (including phenoxy) is 2. The lowest BCUT2D eigenvalue weighted by atomic mass is 9.86. The third kappa shape index (κ3) is 4.62. The standard InChI is InChI=1S/C15H25NO3/c1-2-3-7-15(17)16-13-11-18-9-8-14(13)19-10-12-5-4-6-12/h2-3,12-14H,4-11H2,1H3,(H,16,17)/t13-,14+/m1/s1. The smallest absolute Gasteiger partial charge is 0.224 e. The van der Waals surface area contributed by atoms with Crippen molar-refractivity contribution in [3.8, 4) is 0 Å². The molecule has 1 aliphatic carbocycles. The van der Waals surface area contributed by atoms with Crippen LogP contribution >= 0.6 is 0 Å². The van der Waals surface area contributed by atoms with E-state index < -0.39 is 0 Å². The maximum absolute atomic E-state index is 11.7. The summed E-state index contributed by atoms with van der Waals surface area (Å²) in [5.41, 5.74) is 0. The molecule has 2 fully saturated rings. The van der Waals surface area contributed by atoms with Crippen LogP contribution in [-0.4, -0.2) is 37.9 Å². The van der Waals surface area contributed by atoms with E-state index in [1.807, 2.05) is 19.1 Å². The fraction of sp³-hybridized carbons (Fsp3) is 0.800. The number of nitrogens with one attached hydrogen (secondary N) is 1. The maximum atomic E-state index is 11.7. The second-order valence-corrected chi connectivity index (χ2v) is 5.48. The SMILES string of the molecule is CC=CCC(=O)N[C@@H]1COCC[C@@H]1OCC1CCC1. The van der Waals surface area contributed by atoms with E-state index in [2.05, 4.69) is 5.32 Å². The molecule has 0 aromatic rings. The fourth-order valence-corrected chi connectivity index (χ4v) is 2.46. The molecule has 1 amide bonds. The van der Waals surface area contributed by atoms with E-state index in [4.69, 9.17) is 9.47 Å². The molecule has 0 aromatic heterocycles. The van der Waals surface area contributed by atoms with Gasteiger partial charge in [-0.3, -0.25) is 4.79 Å². The molecule has 2 atom stereocenters. The van der Waals surface area contributed by atoms with E-state index in [0.29, 0.717) is 13.0 Å². The van der Waals surface area contributed by atoms with Crippen LogP contribution < -0.4 is 5.32 Å². The van der Waals surface area contributed by atoms with Gasteiger partial charge in [-0.2, -0.15) is 0 Å². The van der Waals surface area contributed by atoms with E-state index in [1.165, 1.54) is 19.3 Å². The van der Waals surface area contributed by atoms with Crippen molar-refractivity contribution in [2.45, 2.75) is 51.2 Å². The van der Waals surface area contributed by atoms with Crippen LogP contribution in [0.4, 0.5) is 0 Å². The molecule has 2 rings (SSSR count). The molecule has 0 radical (unpaired) electrons. The molecule has 0 unspecified atom stereocenters. The van der Waals surface area contributed by atoms with Crippen LogP contribution in [0.1, 0.15) is 39.0 Å². The largest absolute Gasteiger partial charge is 0.379 e. The first-order valence-electron chi connectivity index (χ1n) is 7.39. The minimum Gasteiger partial charge on any atom is -0.379 e. The summed E-state index contributed by atoms with van der Waals surface area (Å²) in [5.74, 6) is 0.785. The molecule has 2 aliphatic rings. The number of hydrogen-bond acceptors (Lipinski definition) is 3. The van der Waals surface area contributed by atoms with Crippen molar-refractivity contribution < 1.29 is 14.3 Å². The molecule has 1 N–H and O–H groups in total. The average molecular weight is 267 g/mol. The Morgan fingerprint density at radius 1 is 1.42 bits per heavy atom. The van der Waals surface area contributed by atoms with E-state index in [0.717, 1.165) is 25.6 Å². The molecule has 0 aromatic carbocycles. The molecular formula is C15H25NO3. The van der Waals surface area contributed by atoms with E-state index >= 15 is 0 Å². The topological polar surface area (TPSA) is 47.6 Å². The van der Waals surface area contributed by atoms with Crippen molar-refractivity contribution in [1.82, 2.24) is 5.32 Å². The minimum absolute atomic E-state index is 0.00610. The summed E-state index contributed by atoms with van der Waals surface area (Å²) < 4.78 is 11.4. The highest BCUT2D eigenvalue weighted by Crippen LogP contribution is 2.27. The van der Waals surface area contributed by atoms with Gasteiger partial charge in [-0.25, -0.2) is 0 Å². The Balaban J connectivity index is 1.75. The highest BCUT2D eigenvalue weighted by Gasteiger charge is 2.29. The zero-order chi connectivity index (χ0) is 13.5. The molecule has 1 aliphatic heterocycles. The van der Waals surface area contributed by atoms with Crippen molar-refractivity contribution in [2.75, 3.05) is 19.8 Å². The fourth-order valence-electron chi connectivity index (χ4n) is 2.46. The molecular weight excluding hydrogens is 242 g/mol. The Morgan fingerprint density at radius 2 is 2.26 bits per heavy atom. The molecule has 4 heteroatoms. The minimum atomic E-state index is 0.00610. The predicted octanol–water partition coefficient (Wildman–Crippen LogP) is 2.04. The van der Waals surface area contributed by atoms with Gasteiger partial charge in [0.05, 0.1) is 18.8 Å². The van der Waals surface area contributed by atoms with Crippen LogP contribution in [0.15, 0.2) is 12.2 Å². The average Bonchev–Trinajstić information content (AvgIpc) is 2.36. The van der Waals surface area contributed by atoms with Crippen molar-refractivity contribution in [2.24, 2.45) is 5.92 Å². The Bertz CT molecular complexity index is 313. The van der Waals surface area contributed by atoms with E-state index in [1.54, 1.807) is 0 Å². The summed E-state index contributed by atoms with van der Waals surface area (Å²) in [6.07, 6.45) is 9.10. The lowest BCUT2D eigenvalue weighted by Gasteiger charge is -2.34.